The molecular formula is C12H10ClF3N2. The van der Waals surface area contributed by atoms with Gasteiger partial charge in [-0.25, -0.2) is 0 Å². The van der Waals surface area contributed by atoms with E-state index >= 15 is 0 Å². The van der Waals surface area contributed by atoms with Crippen LogP contribution in [0.3, 0.4) is 0 Å². The molecule has 0 radical (unpaired) electrons. The van der Waals surface area contributed by atoms with Crippen molar-refractivity contribution in [3.8, 4) is 6.07 Å². The first-order chi connectivity index (χ1) is 8.42. The van der Waals surface area contributed by atoms with Crippen molar-refractivity contribution in [2.45, 2.75) is 25.1 Å². The van der Waals surface area contributed by atoms with E-state index in [1.54, 1.807) is 6.07 Å². The summed E-state index contributed by atoms with van der Waals surface area (Å²) in [6, 6.07) is 6.30. The van der Waals surface area contributed by atoms with Gasteiger partial charge in [-0.3, -0.25) is 0 Å². The second-order valence-corrected chi connectivity index (χ2v) is 4.63. The fourth-order valence-electron chi connectivity index (χ4n) is 1.85. The zero-order valence-electron chi connectivity index (χ0n) is 9.34. The lowest BCUT2D eigenvalue weighted by molar-refractivity contribution is -0.120. The van der Waals surface area contributed by atoms with E-state index in [1.807, 2.05) is 6.07 Å². The number of alkyl halides is 3. The molecular weight excluding hydrogens is 265 g/mol. The van der Waals surface area contributed by atoms with Crippen molar-refractivity contribution in [2.24, 2.45) is 0 Å². The Balaban J connectivity index is 2.37. The first-order valence-electron chi connectivity index (χ1n) is 5.44. The summed E-state index contributed by atoms with van der Waals surface area (Å²) in [5, 5.41) is 9.19. The summed E-state index contributed by atoms with van der Waals surface area (Å²) < 4.78 is 37.7. The van der Waals surface area contributed by atoms with E-state index in [1.165, 1.54) is 17.0 Å². The number of nitrogens with zero attached hydrogens (tertiary/aromatic N) is 2. The summed E-state index contributed by atoms with van der Waals surface area (Å²) in [4.78, 5) is 1.23. The van der Waals surface area contributed by atoms with Gasteiger partial charge in [0, 0.05) is 6.04 Å². The third kappa shape index (κ3) is 2.88. The van der Waals surface area contributed by atoms with Gasteiger partial charge >= 0.3 is 6.18 Å². The molecule has 96 valence electrons. The Morgan fingerprint density at radius 1 is 1.39 bits per heavy atom. The highest BCUT2D eigenvalue weighted by Gasteiger charge is 2.39. The highest BCUT2D eigenvalue weighted by Crippen LogP contribution is 2.37. The average molecular weight is 275 g/mol. The third-order valence-corrected chi connectivity index (χ3v) is 3.07. The van der Waals surface area contributed by atoms with E-state index in [2.05, 4.69) is 0 Å². The van der Waals surface area contributed by atoms with Crippen molar-refractivity contribution in [1.82, 2.24) is 0 Å². The normalized spacial score (nSPS) is 15.3. The highest BCUT2D eigenvalue weighted by atomic mass is 35.5. The van der Waals surface area contributed by atoms with Crippen LogP contribution in [0.1, 0.15) is 18.4 Å². The predicted molar refractivity (Wildman–Crippen MR) is 62.6 cm³/mol. The number of benzene rings is 1. The van der Waals surface area contributed by atoms with Crippen LogP contribution >= 0.6 is 11.6 Å². The first-order valence-corrected chi connectivity index (χ1v) is 5.82. The van der Waals surface area contributed by atoms with E-state index in [4.69, 9.17) is 16.9 Å². The number of anilines is 1. The third-order valence-electron chi connectivity index (χ3n) is 2.75. The van der Waals surface area contributed by atoms with E-state index in [9.17, 15) is 13.2 Å². The van der Waals surface area contributed by atoms with Crippen molar-refractivity contribution in [1.29, 1.82) is 5.26 Å². The lowest BCUT2D eigenvalue weighted by Gasteiger charge is -2.26. The molecule has 0 heterocycles. The van der Waals surface area contributed by atoms with Crippen LogP contribution in [0.25, 0.3) is 0 Å². The standard InChI is InChI=1S/C12H10ClF3N2/c13-10-2-1-3-11(9(10)6-17)18(8-4-5-8)7-12(14,15)16/h1-3,8H,4-5,7H2. The lowest BCUT2D eigenvalue weighted by Crippen LogP contribution is -2.36. The number of hydrogen-bond donors (Lipinski definition) is 0. The fraction of sp³-hybridized carbons (Fsp3) is 0.417. The van der Waals surface area contributed by atoms with Crippen LogP contribution in [0.2, 0.25) is 5.02 Å². The molecule has 2 nitrogen and oxygen atoms in total. The van der Waals surface area contributed by atoms with Crippen LogP contribution in [0.15, 0.2) is 18.2 Å². The maximum Gasteiger partial charge on any atom is 0.405 e. The summed E-state index contributed by atoms with van der Waals surface area (Å²) in [5.74, 6) is 0. The summed E-state index contributed by atoms with van der Waals surface area (Å²) in [6.45, 7) is -1.05. The molecule has 1 saturated carbocycles. The lowest BCUT2D eigenvalue weighted by atomic mass is 10.1. The average Bonchev–Trinajstić information content (AvgIpc) is 3.08. The van der Waals surface area contributed by atoms with Gasteiger partial charge in [-0.1, -0.05) is 17.7 Å². The number of rotatable bonds is 3. The molecule has 6 heteroatoms. The molecule has 1 aromatic carbocycles. The Labute approximate surface area is 108 Å². The minimum atomic E-state index is -4.29. The Morgan fingerprint density at radius 2 is 2.06 bits per heavy atom. The number of nitriles is 1. The summed E-state index contributed by atoms with van der Waals surface area (Å²) in [7, 11) is 0. The van der Waals surface area contributed by atoms with Crippen molar-refractivity contribution >= 4 is 17.3 Å². The van der Waals surface area contributed by atoms with E-state index in [0.717, 1.165) is 0 Å². The fourth-order valence-corrected chi connectivity index (χ4v) is 2.06. The van der Waals surface area contributed by atoms with Gasteiger partial charge in [0.25, 0.3) is 0 Å². The van der Waals surface area contributed by atoms with Gasteiger partial charge in [0.05, 0.1) is 16.3 Å². The SMILES string of the molecule is N#Cc1c(Cl)cccc1N(CC(F)(F)F)C1CC1. The topological polar surface area (TPSA) is 27.0 Å². The Kier molecular flexibility index (Phi) is 3.40. The molecule has 0 bridgehead atoms. The Bertz CT molecular complexity index is 489. The van der Waals surface area contributed by atoms with Crippen molar-refractivity contribution in [3.63, 3.8) is 0 Å². The second kappa shape index (κ2) is 4.69. The smallest absolute Gasteiger partial charge is 0.358 e. The van der Waals surface area contributed by atoms with Crippen LogP contribution in [0, 0.1) is 11.3 Å². The van der Waals surface area contributed by atoms with E-state index in [0.29, 0.717) is 12.8 Å². The molecule has 1 aliphatic carbocycles. The van der Waals surface area contributed by atoms with Gasteiger partial charge in [-0.2, -0.15) is 18.4 Å². The molecule has 0 atom stereocenters. The number of hydrogen-bond acceptors (Lipinski definition) is 2. The van der Waals surface area contributed by atoms with Gasteiger partial charge in [0.1, 0.15) is 12.6 Å². The summed E-state index contributed by atoms with van der Waals surface area (Å²) >= 11 is 5.84. The Hall–Kier alpha value is -1.41. The molecule has 18 heavy (non-hydrogen) atoms. The molecule has 0 aromatic heterocycles. The molecule has 0 unspecified atom stereocenters. The zero-order chi connectivity index (χ0) is 13.3. The van der Waals surface area contributed by atoms with E-state index in [-0.39, 0.29) is 22.3 Å². The quantitative estimate of drug-likeness (QED) is 0.839. The molecule has 0 amide bonds. The largest absolute Gasteiger partial charge is 0.405 e. The molecule has 1 aliphatic rings. The van der Waals surface area contributed by atoms with Gasteiger partial charge < -0.3 is 4.90 Å². The van der Waals surface area contributed by atoms with E-state index < -0.39 is 12.7 Å². The zero-order valence-corrected chi connectivity index (χ0v) is 10.1. The minimum absolute atomic E-state index is 0.107. The van der Waals surface area contributed by atoms with Crippen LogP contribution in [-0.2, 0) is 0 Å². The van der Waals surface area contributed by atoms with Crippen molar-refractivity contribution in [2.75, 3.05) is 11.4 Å². The molecule has 2 rings (SSSR count). The summed E-state index contributed by atoms with van der Waals surface area (Å²) in [6.07, 6.45) is -2.86. The van der Waals surface area contributed by atoms with Gasteiger partial charge in [0.2, 0.25) is 0 Å². The van der Waals surface area contributed by atoms with Crippen LogP contribution in [0.4, 0.5) is 18.9 Å². The summed E-state index contributed by atoms with van der Waals surface area (Å²) in [5.41, 5.74) is 0.375. The van der Waals surface area contributed by atoms with Gasteiger partial charge in [-0.15, -0.1) is 0 Å². The van der Waals surface area contributed by atoms with Gasteiger partial charge in [0.15, 0.2) is 0 Å². The molecule has 0 N–H and O–H groups in total. The monoisotopic (exact) mass is 274 g/mol. The van der Waals surface area contributed by atoms with Gasteiger partial charge in [-0.05, 0) is 25.0 Å². The van der Waals surface area contributed by atoms with Crippen LogP contribution in [0.5, 0.6) is 0 Å². The number of halogens is 4. The molecule has 0 saturated heterocycles. The second-order valence-electron chi connectivity index (χ2n) is 4.22. The predicted octanol–water partition coefficient (Wildman–Crippen LogP) is 3.74. The maximum absolute atomic E-state index is 12.6. The molecule has 0 aliphatic heterocycles. The molecule has 1 aromatic rings. The minimum Gasteiger partial charge on any atom is -0.358 e. The van der Waals surface area contributed by atoms with Crippen LogP contribution < -0.4 is 4.90 Å². The molecule has 0 spiro atoms. The highest BCUT2D eigenvalue weighted by molar-refractivity contribution is 6.32. The maximum atomic E-state index is 12.6. The first kappa shape index (κ1) is 13.0. The molecule has 1 fully saturated rings. The van der Waals surface area contributed by atoms with Crippen LogP contribution in [-0.4, -0.2) is 18.8 Å². The van der Waals surface area contributed by atoms with Crippen molar-refractivity contribution in [3.05, 3.63) is 28.8 Å². The van der Waals surface area contributed by atoms with Crippen molar-refractivity contribution < 1.29 is 13.2 Å². The Morgan fingerprint density at radius 3 is 2.56 bits per heavy atom.